The summed E-state index contributed by atoms with van der Waals surface area (Å²) >= 11 is 0. The number of hydrogen-bond acceptors (Lipinski definition) is 5. The topological polar surface area (TPSA) is 71.3 Å². The third kappa shape index (κ3) is 6.23. The largest absolute Gasteiger partial charge is 0.465 e. The minimum absolute atomic E-state index is 0.241. The highest BCUT2D eigenvalue weighted by molar-refractivity contribution is 5.79. The van der Waals surface area contributed by atoms with Gasteiger partial charge in [0.05, 0.1) is 18.8 Å². The number of hydrogen-bond donors (Lipinski definition) is 2. The molecule has 152 valence electrons. The second-order valence-corrected chi connectivity index (χ2v) is 7.30. The normalized spacial score (nSPS) is 22.3. The van der Waals surface area contributed by atoms with Gasteiger partial charge in [0.1, 0.15) is 11.5 Å². The van der Waals surface area contributed by atoms with Crippen molar-refractivity contribution in [1.29, 1.82) is 0 Å². The monoisotopic (exact) mass is 378 g/mol. The summed E-state index contributed by atoms with van der Waals surface area (Å²) in [7, 11) is 1.81. The SMILES string of the molecule is CN=C(NCCCOC1CCOC1)NCC(c1ccc(C)o1)N1CCCC1. The molecule has 0 bridgehead atoms. The standard InChI is InChI=1S/C20H34N4O3/c1-16-6-7-19(27-16)18(24-10-3-4-11-24)14-23-20(21-2)22-9-5-12-26-17-8-13-25-15-17/h6-7,17-18H,3-5,8-15H2,1-2H3,(H2,21,22,23). The molecule has 2 fully saturated rings. The number of likely N-dealkylation sites (tertiary alicyclic amines) is 1. The van der Waals surface area contributed by atoms with Gasteiger partial charge in [-0.05, 0) is 57.8 Å². The van der Waals surface area contributed by atoms with Gasteiger partial charge in [-0.2, -0.15) is 0 Å². The van der Waals surface area contributed by atoms with Gasteiger partial charge in [0, 0.05) is 33.4 Å². The maximum absolute atomic E-state index is 5.92. The molecule has 2 aliphatic rings. The van der Waals surface area contributed by atoms with Crippen LogP contribution in [-0.4, -0.2) is 70.0 Å². The first kappa shape index (κ1) is 20.2. The van der Waals surface area contributed by atoms with Crippen molar-refractivity contribution in [3.05, 3.63) is 23.7 Å². The zero-order valence-electron chi connectivity index (χ0n) is 16.7. The molecular formula is C20H34N4O3. The van der Waals surface area contributed by atoms with Crippen LogP contribution in [0.1, 0.15) is 43.2 Å². The Morgan fingerprint density at radius 2 is 2.19 bits per heavy atom. The van der Waals surface area contributed by atoms with Gasteiger partial charge in [0.2, 0.25) is 0 Å². The number of nitrogens with zero attached hydrogens (tertiary/aromatic N) is 2. The van der Waals surface area contributed by atoms with E-state index < -0.39 is 0 Å². The molecule has 0 aromatic carbocycles. The number of aliphatic imine (C=N–C) groups is 1. The van der Waals surface area contributed by atoms with Crippen molar-refractivity contribution in [2.75, 3.05) is 53.0 Å². The van der Waals surface area contributed by atoms with Crippen molar-refractivity contribution in [3.8, 4) is 0 Å². The summed E-state index contributed by atoms with van der Waals surface area (Å²) in [6.45, 7) is 8.18. The highest BCUT2D eigenvalue weighted by atomic mass is 16.5. The Balaban J connectivity index is 1.40. The van der Waals surface area contributed by atoms with Crippen molar-refractivity contribution >= 4 is 5.96 Å². The summed E-state index contributed by atoms with van der Waals surface area (Å²) in [5.41, 5.74) is 0. The van der Waals surface area contributed by atoms with Crippen molar-refractivity contribution in [1.82, 2.24) is 15.5 Å². The third-order valence-corrected chi connectivity index (χ3v) is 5.21. The lowest BCUT2D eigenvalue weighted by atomic mass is 10.2. The lowest BCUT2D eigenvalue weighted by Gasteiger charge is -2.26. The first-order valence-electron chi connectivity index (χ1n) is 10.2. The van der Waals surface area contributed by atoms with Crippen LogP contribution in [0, 0.1) is 6.92 Å². The predicted molar refractivity (Wildman–Crippen MR) is 106 cm³/mol. The molecule has 1 aromatic heterocycles. The van der Waals surface area contributed by atoms with Crippen LogP contribution in [0.3, 0.4) is 0 Å². The first-order chi connectivity index (χ1) is 13.3. The van der Waals surface area contributed by atoms with E-state index in [1.54, 1.807) is 0 Å². The highest BCUT2D eigenvalue weighted by Crippen LogP contribution is 2.26. The van der Waals surface area contributed by atoms with Crippen LogP contribution >= 0.6 is 0 Å². The van der Waals surface area contributed by atoms with Crippen molar-refractivity contribution < 1.29 is 13.9 Å². The van der Waals surface area contributed by atoms with Crippen molar-refractivity contribution in [2.45, 2.75) is 44.8 Å². The maximum Gasteiger partial charge on any atom is 0.191 e. The molecule has 0 saturated carbocycles. The summed E-state index contributed by atoms with van der Waals surface area (Å²) in [6, 6.07) is 4.38. The second-order valence-electron chi connectivity index (χ2n) is 7.30. The number of furan rings is 1. The average Bonchev–Trinajstić information content (AvgIpc) is 3.43. The molecule has 2 N–H and O–H groups in total. The van der Waals surface area contributed by atoms with Gasteiger partial charge in [0.25, 0.3) is 0 Å². The third-order valence-electron chi connectivity index (χ3n) is 5.21. The molecule has 3 rings (SSSR count). The molecule has 2 unspecified atom stereocenters. The molecule has 27 heavy (non-hydrogen) atoms. The van der Waals surface area contributed by atoms with Gasteiger partial charge in [-0.25, -0.2) is 0 Å². The van der Waals surface area contributed by atoms with E-state index in [2.05, 4.69) is 26.6 Å². The lowest BCUT2D eigenvalue weighted by molar-refractivity contribution is 0.0420. The van der Waals surface area contributed by atoms with Gasteiger partial charge < -0.3 is 24.5 Å². The molecule has 7 heteroatoms. The Morgan fingerprint density at radius 1 is 1.33 bits per heavy atom. The highest BCUT2D eigenvalue weighted by Gasteiger charge is 2.26. The minimum Gasteiger partial charge on any atom is -0.465 e. The van der Waals surface area contributed by atoms with E-state index >= 15 is 0 Å². The number of guanidine groups is 1. The molecular weight excluding hydrogens is 344 g/mol. The van der Waals surface area contributed by atoms with Crippen molar-refractivity contribution in [2.24, 2.45) is 4.99 Å². The summed E-state index contributed by atoms with van der Waals surface area (Å²) < 4.78 is 17.0. The molecule has 2 saturated heterocycles. The van der Waals surface area contributed by atoms with E-state index in [1.807, 2.05) is 20.0 Å². The lowest BCUT2D eigenvalue weighted by Crippen LogP contribution is -2.43. The summed E-state index contributed by atoms with van der Waals surface area (Å²) in [4.78, 5) is 6.84. The Hall–Kier alpha value is -1.57. The quantitative estimate of drug-likeness (QED) is 0.389. The fraction of sp³-hybridized carbons (Fsp3) is 0.750. The Morgan fingerprint density at radius 3 is 2.85 bits per heavy atom. The van der Waals surface area contributed by atoms with Gasteiger partial charge in [-0.3, -0.25) is 9.89 Å². The van der Waals surface area contributed by atoms with Crippen LogP contribution in [0.2, 0.25) is 0 Å². The summed E-state index contributed by atoms with van der Waals surface area (Å²) in [5, 5.41) is 6.84. The molecule has 0 radical (unpaired) electrons. The number of nitrogens with one attached hydrogen (secondary N) is 2. The Kier molecular flexibility index (Phi) is 7.98. The number of ether oxygens (including phenoxy) is 2. The van der Waals surface area contributed by atoms with Crippen LogP contribution in [-0.2, 0) is 9.47 Å². The van der Waals surface area contributed by atoms with E-state index in [4.69, 9.17) is 13.9 Å². The minimum atomic E-state index is 0.241. The fourth-order valence-corrected chi connectivity index (χ4v) is 3.68. The number of rotatable bonds is 9. The van der Waals surface area contributed by atoms with E-state index in [-0.39, 0.29) is 12.1 Å². The summed E-state index contributed by atoms with van der Waals surface area (Å²) in [5.74, 6) is 2.82. The molecule has 0 aliphatic carbocycles. The van der Waals surface area contributed by atoms with Gasteiger partial charge in [0.15, 0.2) is 5.96 Å². The average molecular weight is 379 g/mol. The van der Waals surface area contributed by atoms with Crippen LogP contribution in [0.25, 0.3) is 0 Å². The maximum atomic E-state index is 5.92. The van der Waals surface area contributed by atoms with Gasteiger partial charge in [-0.15, -0.1) is 0 Å². The Labute approximate surface area is 162 Å². The first-order valence-corrected chi connectivity index (χ1v) is 10.2. The molecule has 3 heterocycles. The molecule has 2 aliphatic heterocycles. The van der Waals surface area contributed by atoms with E-state index in [9.17, 15) is 0 Å². The van der Waals surface area contributed by atoms with Gasteiger partial charge in [-0.1, -0.05) is 0 Å². The molecule has 0 spiro atoms. The smallest absolute Gasteiger partial charge is 0.191 e. The van der Waals surface area contributed by atoms with Crippen molar-refractivity contribution in [3.63, 3.8) is 0 Å². The predicted octanol–water partition coefficient (Wildman–Crippen LogP) is 2.09. The second kappa shape index (κ2) is 10.7. The van der Waals surface area contributed by atoms with Gasteiger partial charge >= 0.3 is 0 Å². The molecule has 2 atom stereocenters. The Bertz CT molecular complexity index is 578. The zero-order chi connectivity index (χ0) is 18.9. The summed E-state index contributed by atoms with van der Waals surface area (Å²) in [6.07, 6.45) is 4.76. The van der Waals surface area contributed by atoms with Crippen LogP contribution < -0.4 is 10.6 Å². The van der Waals surface area contributed by atoms with Crippen LogP contribution in [0.4, 0.5) is 0 Å². The van der Waals surface area contributed by atoms with E-state index in [0.717, 1.165) is 76.3 Å². The molecule has 7 nitrogen and oxygen atoms in total. The van der Waals surface area contributed by atoms with E-state index in [0.29, 0.717) is 0 Å². The van der Waals surface area contributed by atoms with Crippen LogP contribution in [0.15, 0.2) is 21.5 Å². The fourth-order valence-electron chi connectivity index (χ4n) is 3.68. The molecule has 1 aromatic rings. The van der Waals surface area contributed by atoms with Crippen LogP contribution in [0.5, 0.6) is 0 Å². The molecule has 0 amide bonds. The van der Waals surface area contributed by atoms with E-state index in [1.165, 1.54) is 12.8 Å². The zero-order valence-corrected chi connectivity index (χ0v) is 16.7. The number of aryl methyl sites for hydroxylation is 1.